The van der Waals surface area contributed by atoms with E-state index in [4.69, 9.17) is 57.3 Å². The third-order valence-corrected chi connectivity index (χ3v) is 24.0. The quantitative estimate of drug-likeness (QED) is 0.0274. The van der Waals surface area contributed by atoms with Crippen LogP contribution in [-0.4, -0.2) is 510 Å². The van der Waals surface area contributed by atoms with E-state index in [0.717, 1.165) is 41.5 Å². The molecule has 2 unspecified atom stereocenters. The lowest BCUT2D eigenvalue weighted by Gasteiger charge is -2.38. The summed E-state index contributed by atoms with van der Waals surface area (Å²) >= 11 is 0. The molecule has 4 saturated heterocycles. The van der Waals surface area contributed by atoms with Crippen molar-refractivity contribution in [3.05, 3.63) is 70.8 Å². The Labute approximate surface area is 819 Å². The van der Waals surface area contributed by atoms with Crippen LogP contribution in [0, 0.1) is 13.8 Å². The van der Waals surface area contributed by atoms with Gasteiger partial charge in [-0.1, -0.05) is 79.9 Å². The van der Waals surface area contributed by atoms with Gasteiger partial charge in [0.05, 0.1) is 105 Å². The Bertz CT molecular complexity index is 3850. The Kier molecular flexibility index (Phi) is 61.3. The SMILES string of the molecule is CC(=O)CN1CCN(CC(N)=O)CCN(CC(N)=O)CCN(CC(N)=O)CC1.CCC(=O)CN1CCN(CC(=O)CC)CCN(CC(=O)NCCCCCC(C)=O)CCN(CC(=O)NC)CC1.Cc1ccc(CC2CN(CC(=O)O)CCN(CC(N)=O)CCN(CC(N)=O)CCN2CC(N)=O)cc1.Cc1ccc(CC2CN(CC(N)=O)CCN(CC(N)=O)CCN(CC(N)=O)CCN2CC(N)=O)cc1. The van der Waals surface area contributed by atoms with Crippen LogP contribution in [0.1, 0.15) is 88.5 Å². The number of rotatable bonds is 44. The molecule has 0 aliphatic carbocycles. The van der Waals surface area contributed by atoms with Crippen LogP contribution in [-0.2, 0) is 94.3 Å². The number of likely N-dealkylation sites (N-methyl/N-ethyl adjacent to an activating group) is 1. The number of hydrogen-bond acceptors (Lipinski definition) is 33. The summed E-state index contributed by atoms with van der Waals surface area (Å²) in [5.74, 6) is -5.13. The minimum absolute atomic E-state index is 0.00431. The summed E-state index contributed by atoms with van der Waals surface area (Å²) < 4.78 is 0. The van der Waals surface area contributed by atoms with Crippen molar-refractivity contribution in [1.82, 2.24) is 89.0 Å². The van der Waals surface area contributed by atoms with Crippen LogP contribution in [0.5, 0.6) is 0 Å². The zero-order valence-corrected chi connectivity index (χ0v) is 83.5. The Morgan fingerprint density at radius 3 is 0.777 bits per heavy atom. The number of ketones is 4. The average Bonchev–Trinajstić information content (AvgIpc) is 0.854. The number of primary amides is 10. The number of benzene rings is 2. The van der Waals surface area contributed by atoms with Crippen molar-refractivity contribution in [3.8, 4) is 0 Å². The maximum atomic E-state index is 12.7. The molecule has 4 aliphatic rings. The average molecular weight is 1960 g/mol. The van der Waals surface area contributed by atoms with E-state index in [-0.39, 0.29) is 132 Å². The molecule has 12 amide bonds. The summed E-state index contributed by atoms with van der Waals surface area (Å²) in [6, 6.07) is 15.8. The van der Waals surface area contributed by atoms with Gasteiger partial charge in [0.25, 0.3) is 0 Å². The third kappa shape index (κ3) is 60.4. The van der Waals surface area contributed by atoms with Crippen LogP contribution in [0.4, 0.5) is 0 Å². The molecule has 2 atom stereocenters. The van der Waals surface area contributed by atoms with Crippen LogP contribution >= 0.6 is 0 Å². The predicted octanol–water partition coefficient (Wildman–Crippen LogP) is -8.83. The Morgan fingerprint density at radius 2 is 0.525 bits per heavy atom. The number of carboxylic acid groups (broad SMARTS) is 1. The molecule has 2 aromatic carbocycles. The maximum absolute atomic E-state index is 12.7. The van der Waals surface area contributed by atoms with Crippen LogP contribution < -0.4 is 68.0 Å². The second kappa shape index (κ2) is 69.4. The monoisotopic (exact) mass is 1960 g/mol. The van der Waals surface area contributed by atoms with E-state index in [9.17, 15) is 86.6 Å². The van der Waals surface area contributed by atoms with Crippen molar-refractivity contribution < 1.29 is 86.6 Å². The van der Waals surface area contributed by atoms with E-state index in [1.165, 1.54) is 6.92 Å². The van der Waals surface area contributed by atoms with Gasteiger partial charge in [0.1, 0.15) is 23.1 Å². The first-order valence-electron chi connectivity index (χ1n) is 48.1. The lowest BCUT2D eigenvalue weighted by Crippen LogP contribution is -2.54. The number of nitrogens with zero attached hydrogens (tertiary/aromatic N) is 16. The molecule has 784 valence electrons. The van der Waals surface area contributed by atoms with Gasteiger partial charge in [-0.15, -0.1) is 0 Å². The lowest BCUT2D eigenvalue weighted by molar-refractivity contribution is -0.139. The van der Waals surface area contributed by atoms with E-state index >= 15 is 0 Å². The van der Waals surface area contributed by atoms with Crippen molar-refractivity contribution in [2.24, 2.45) is 57.3 Å². The van der Waals surface area contributed by atoms with Gasteiger partial charge in [-0.2, -0.15) is 0 Å². The number of Topliss-reactive ketones (excluding diaryl/α,β-unsaturated/α-hetero) is 4. The molecule has 46 nitrogen and oxygen atoms in total. The first kappa shape index (κ1) is 123. The number of aliphatic carboxylic acids is 1. The lowest BCUT2D eigenvalue weighted by atomic mass is 10.0. The number of unbranched alkanes of at least 4 members (excludes halogenated alkanes) is 2. The van der Waals surface area contributed by atoms with Crippen molar-refractivity contribution >= 4 is 100.0 Å². The Balaban J connectivity index is 0.000000480. The van der Waals surface area contributed by atoms with Crippen molar-refractivity contribution in [1.29, 1.82) is 0 Å². The summed E-state index contributed by atoms with van der Waals surface area (Å²) in [6.45, 7) is 28.8. The highest BCUT2D eigenvalue weighted by Gasteiger charge is 2.32. The highest BCUT2D eigenvalue weighted by atomic mass is 16.4. The van der Waals surface area contributed by atoms with Crippen LogP contribution in [0.15, 0.2) is 48.5 Å². The fourth-order valence-corrected chi connectivity index (χ4v) is 16.5. The minimum atomic E-state index is -0.966. The number of nitrogens with two attached hydrogens (primary N) is 10. The molecule has 0 spiro atoms. The standard InChI is InChI=1S/C28H52N6O5.C24H40N8O4.C24H39N7O5.C17H33N7O4/c1-5-25(36)20-31-12-13-32(21-26(37)6-2)15-17-34(19-18-33(16-14-31)22-27(38)29-4)23-28(39)30-11-9-7-8-10-24(3)35;1-18-2-4-19(5-3-18)12-20-13-31(16-23(27)35)9-8-29(14-21(25)33)6-7-30(15-22(26)34)10-11-32(20)17-24(28)36;1-18-2-4-19(5-3-18)12-20-13-30(17-24(35)36)9-8-28(14-21(25)32)6-7-29(15-22(26)33)10-11-31(20)16-23(27)34;1-14(25)10-21-2-4-22(11-15(18)26)6-8-24(13-17(20)28)9-7-23(5-3-21)12-16(19)27/h5-23H2,1-4H3,(H,29,38)(H,30,39);2-5,20H,6-17H2,1H3,(H2,25,33)(H2,26,34)(H2,27,35)(H2,28,36);2-5,20H,6-17H2,1H3,(H2,25,32)(H2,26,33)(H2,27,34)(H,35,36);2-13H2,1H3,(H2,18,26)(H2,19,27)(H2,20,28). The smallest absolute Gasteiger partial charge is 0.317 e. The predicted molar refractivity (Wildman–Crippen MR) is 528 cm³/mol. The summed E-state index contributed by atoms with van der Waals surface area (Å²) in [4.78, 5) is 232. The molecular weight excluding hydrogens is 1800 g/mol. The minimum Gasteiger partial charge on any atom is -0.480 e. The first-order chi connectivity index (χ1) is 65.8. The van der Waals surface area contributed by atoms with Gasteiger partial charge in [0, 0.05) is 241 Å². The van der Waals surface area contributed by atoms with E-state index < -0.39 is 65.0 Å². The molecule has 4 fully saturated rings. The number of hydrogen-bond donors (Lipinski definition) is 13. The largest absolute Gasteiger partial charge is 0.480 e. The molecule has 0 saturated carbocycles. The molecule has 0 bridgehead atoms. The zero-order valence-electron chi connectivity index (χ0n) is 83.5. The second-order valence-corrected chi connectivity index (χ2v) is 36.5. The van der Waals surface area contributed by atoms with Crippen LogP contribution in [0.3, 0.4) is 0 Å². The van der Waals surface area contributed by atoms with Gasteiger partial charge in [-0.05, 0) is 64.5 Å². The normalized spacial score (nSPS) is 19.0. The van der Waals surface area contributed by atoms with Crippen molar-refractivity contribution in [3.63, 3.8) is 0 Å². The summed E-state index contributed by atoms with van der Waals surface area (Å²) in [6.07, 6.45) is 5.30. The highest BCUT2D eigenvalue weighted by Crippen LogP contribution is 2.18. The van der Waals surface area contributed by atoms with Gasteiger partial charge < -0.3 is 77.9 Å². The van der Waals surface area contributed by atoms with E-state index in [0.29, 0.717) is 255 Å². The fourth-order valence-electron chi connectivity index (χ4n) is 16.5. The number of carboxylic acids is 1. The number of carbonyl (C=O) groups is 17. The summed E-state index contributed by atoms with van der Waals surface area (Å²) in [5, 5.41) is 15.2. The summed E-state index contributed by atoms with van der Waals surface area (Å²) in [5.41, 5.74) is 59.0. The number of amides is 12. The van der Waals surface area contributed by atoms with Crippen molar-refractivity contribution in [2.75, 3.05) is 315 Å². The van der Waals surface area contributed by atoms with E-state index in [1.54, 1.807) is 14.0 Å². The van der Waals surface area contributed by atoms with Gasteiger partial charge in [0.2, 0.25) is 70.9 Å². The van der Waals surface area contributed by atoms with Crippen LogP contribution in [0.25, 0.3) is 0 Å². The van der Waals surface area contributed by atoms with Gasteiger partial charge >= 0.3 is 5.97 Å². The zero-order chi connectivity index (χ0) is 103. The molecule has 2 aromatic rings. The molecule has 139 heavy (non-hydrogen) atoms. The Morgan fingerprint density at radius 1 is 0.288 bits per heavy atom. The number of nitrogens with one attached hydrogen (secondary N) is 2. The Hall–Kier alpha value is -10.4. The maximum Gasteiger partial charge on any atom is 0.317 e. The summed E-state index contributed by atoms with van der Waals surface area (Å²) in [7, 11) is 1.62. The molecule has 0 radical (unpaired) electrons. The molecule has 23 N–H and O–H groups in total. The van der Waals surface area contributed by atoms with E-state index in [1.807, 2.05) is 135 Å². The highest BCUT2D eigenvalue weighted by molar-refractivity contribution is 5.83. The van der Waals surface area contributed by atoms with Gasteiger partial charge in [0.15, 0.2) is 0 Å². The van der Waals surface area contributed by atoms with Crippen molar-refractivity contribution in [2.45, 2.75) is 105 Å². The molecule has 46 heteroatoms. The molecule has 4 aliphatic heterocycles. The number of carbonyl (C=O) groups excluding carboxylic acids is 16. The molecule has 6 rings (SSSR count). The van der Waals surface area contributed by atoms with Gasteiger partial charge in [-0.25, -0.2) is 0 Å². The topological polar surface area (TPSA) is 647 Å². The van der Waals surface area contributed by atoms with Crippen LogP contribution in [0.2, 0.25) is 0 Å². The van der Waals surface area contributed by atoms with Gasteiger partial charge in [-0.3, -0.25) is 155 Å². The van der Waals surface area contributed by atoms with E-state index in [2.05, 4.69) is 30.2 Å². The molecule has 4 heterocycles. The second-order valence-electron chi connectivity index (χ2n) is 36.5. The number of aryl methyl sites for hydroxylation is 2. The molecule has 0 aromatic heterocycles. The third-order valence-electron chi connectivity index (χ3n) is 24.0. The molecular formula is C93H164N28O18. The first-order valence-corrected chi connectivity index (χ1v) is 48.1. The fraction of sp³-hybridized carbons (Fsp3) is 0.688.